The summed E-state index contributed by atoms with van der Waals surface area (Å²) in [4.78, 5) is 4.48. The summed E-state index contributed by atoms with van der Waals surface area (Å²) >= 11 is 0. The first-order valence-electron chi connectivity index (χ1n) is 10.9. The maximum Gasteiger partial charge on any atom is 0.416 e. The van der Waals surface area contributed by atoms with E-state index in [0.717, 1.165) is 40.7 Å². The number of hydrogen-bond donors (Lipinski definition) is 1. The second-order valence-electron chi connectivity index (χ2n) is 8.57. The van der Waals surface area contributed by atoms with Gasteiger partial charge >= 0.3 is 6.18 Å². The molecular weight excluding hydrogens is 427 g/mol. The van der Waals surface area contributed by atoms with Crippen molar-refractivity contribution in [2.45, 2.75) is 46.0 Å². The average Bonchev–Trinajstić information content (AvgIpc) is 3.29. The summed E-state index contributed by atoms with van der Waals surface area (Å²) in [6.45, 7) is 6.43. The zero-order chi connectivity index (χ0) is 23.3. The van der Waals surface area contributed by atoms with Crippen LogP contribution < -0.4 is 10.1 Å². The lowest BCUT2D eigenvalue weighted by molar-refractivity contribution is -0.137. The third-order valence-electron chi connectivity index (χ3n) is 6.19. The van der Waals surface area contributed by atoms with Gasteiger partial charge in [0.2, 0.25) is 0 Å². The quantitative estimate of drug-likeness (QED) is 0.380. The maximum absolute atomic E-state index is 13.3. The van der Waals surface area contributed by atoms with Gasteiger partial charge in [0.25, 0.3) is 0 Å². The van der Waals surface area contributed by atoms with E-state index < -0.39 is 11.7 Å². The molecule has 1 aliphatic heterocycles. The molecule has 0 amide bonds. The van der Waals surface area contributed by atoms with Gasteiger partial charge in [0.1, 0.15) is 17.7 Å². The summed E-state index contributed by atoms with van der Waals surface area (Å²) < 4.78 is 47.6. The van der Waals surface area contributed by atoms with E-state index in [1.807, 2.05) is 44.2 Å². The van der Waals surface area contributed by atoms with E-state index in [4.69, 9.17) is 4.74 Å². The molecule has 1 aliphatic rings. The molecule has 4 aromatic rings. The number of ether oxygens (including phenoxy) is 1. The Morgan fingerprint density at radius 3 is 2.70 bits per heavy atom. The Kier molecular flexibility index (Phi) is 5.07. The Hall–Kier alpha value is -3.48. The van der Waals surface area contributed by atoms with Gasteiger partial charge in [0, 0.05) is 24.7 Å². The first-order valence-corrected chi connectivity index (χ1v) is 10.9. The standard InChI is InChI=1S/C26H24F3N3O/c1-15-11-18-7-9-21(13-25(18)33-15)30-14-19-5-4-6-23(16(19)2)32-17(3)31-22-10-8-20(12-24(22)32)26(27,28)29/h4-10,12-13,15,30H,11,14H2,1-3H3. The second-order valence-corrected chi connectivity index (χ2v) is 8.57. The third-order valence-corrected chi connectivity index (χ3v) is 6.19. The number of nitrogens with zero attached hydrogens (tertiary/aromatic N) is 2. The number of fused-ring (bicyclic) bond motifs is 2. The van der Waals surface area contributed by atoms with Gasteiger partial charge in [-0.1, -0.05) is 18.2 Å². The normalized spacial score (nSPS) is 15.5. The molecule has 5 rings (SSSR count). The van der Waals surface area contributed by atoms with Crippen LogP contribution in [0.15, 0.2) is 54.6 Å². The van der Waals surface area contributed by atoms with Gasteiger partial charge in [-0.2, -0.15) is 13.2 Å². The molecule has 0 fully saturated rings. The van der Waals surface area contributed by atoms with Gasteiger partial charge in [-0.05, 0) is 67.8 Å². The van der Waals surface area contributed by atoms with Gasteiger partial charge in [-0.15, -0.1) is 0 Å². The molecule has 0 spiro atoms. The first-order chi connectivity index (χ1) is 15.7. The van der Waals surface area contributed by atoms with Crippen molar-refractivity contribution < 1.29 is 17.9 Å². The van der Waals surface area contributed by atoms with Crippen molar-refractivity contribution in [3.05, 3.63) is 82.7 Å². The van der Waals surface area contributed by atoms with Crippen LogP contribution in [0, 0.1) is 13.8 Å². The number of hydrogen-bond acceptors (Lipinski definition) is 3. The number of imidazole rings is 1. The largest absolute Gasteiger partial charge is 0.490 e. The summed E-state index contributed by atoms with van der Waals surface area (Å²) in [5.74, 6) is 1.56. The van der Waals surface area contributed by atoms with E-state index in [9.17, 15) is 13.2 Å². The molecule has 1 N–H and O–H groups in total. The van der Waals surface area contributed by atoms with Crippen LogP contribution in [0.25, 0.3) is 16.7 Å². The Bertz CT molecular complexity index is 1360. The van der Waals surface area contributed by atoms with Crippen LogP contribution in [-0.2, 0) is 19.1 Å². The fourth-order valence-electron chi connectivity index (χ4n) is 4.49. The van der Waals surface area contributed by atoms with Crippen molar-refractivity contribution in [1.29, 1.82) is 0 Å². The van der Waals surface area contributed by atoms with Crippen LogP contribution in [0.5, 0.6) is 5.75 Å². The molecule has 0 aliphatic carbocycles. The summed E-state index contributed by atoms with van der Waals surface area (Å²) in [5, 5.41) is 3.45. The Labute approximate surface area is 190 Å². The number of anilines is 1. The molecule has 1 aromatic heterocycles. The lowest BCUT2D eigenvalue weighted by atomic mass is 10.1. The molecule has 170 valence electrons. The van der Waals surface area contributed by atoms with Crippen molar-refractivity contribution in [3.8, 4) is 11.4 Å². The average molecular weight is 451 g/mol. The molecule has 0 saturated carbocycles. The lowest BCUT2D eigenvalue weighted by Crippen LogP contribution is -2.07. The number of aromatic nitrogens is 2. The number of rotatable bonds is 4. The van der Waals surface area contributed by atoms with Gasteiger partial charge in [0.15, 0.2) is 0 Å². The van der Waals surface area contributed by atoms with E-state index in [-0.39, 0.29) is 6.10 Å². The van der Waals surface area contributed by atoms with Crippen molar-refractivity contribution in [2.75, 3.05) is 5.32 Å². The zero-order valence-electron chi connectivity index (χ0n) is 18.6. The van der Waals surface area contributed by atoms with Crippen molar-refractivity contribution >= 4 is 16.7 Å². The van der Waals surface area contributed by atoms with Crippen molar-refractivity contribution in [1.82, 2.24) is 9.55 Å². The van der Waals surface area contributed by atoms with Crippen LogP contribution in [0.4, 0.5) is 18.9 Å². The van der Waals surface area contributed by atoms with E-state index in [0.29, 0.717) is 23.4 Å². The Morgan fingerprint density at radius 1 is 1.09 bits per heavy atom. The fraction of sp³-hybridized carbons (Fsp3) is 0.269. The summed E-state index contributed by atoms with van der Waals surface area (Å²) in [6, 6.07) is 15.7. The SMILES string of the molecule is Cc1c(CNc2ccc3c(c2)OC(C)C3)cccc1-n1c(C)nc2ccc(C(F)(F)F)cc21. The highest BCUT2D eigenvalue weighted by molar-refractivity contribution is 5.79. The summed E-state index contributed by atoms with van der Waals surface area (Å²) in [7, 11) is 0. The molecule has 3 aromatic carbocycles. The van der Waals surface area contributed by atoms with Crippen LogP contribution in [0.2, 0.25) is 0 Å². The lowest BCUT2D eigenvalue weighted by Gasteiger charge is -2.16. The minimum atomic E-state index is -4.41. The van der Waals surface area contributed by atoms with E-state index in [2.05, 4.69) is 23.3 Å². The third kappa shape index (κ3) is 3.92. The predicted octanol–water partition coefficient (Wildman–Crippen LogP) is 6.60. The molecule has 1 atom stereocenters. The highest BCUT2D eigenvalue weighted by Gasteiger charge is 2.31. The molecular formula is C26H24F3N3O. The van der Waals surface area contributed by atoms with E-state index >= 15 is 0 Å². The van der Waals surface area contributed by atoms with E-state index in [1.165, 1.54) is 17.7 Å². The topological polar surface area (TPSA) is 39.1 Å². The van der Waals surface area contributed by atoms with Crippen LogP contribution in [-0.4, -0.2) is 15.7 Å². The van der Waals surface area contributed by atoms with Gasteiger partial charge in [0.05, 0.1) is 22.3 Å². The minimum Gasteiger partial charge on any atom is -0.490 e. The fourth-order valence-corrected chi connectivity index (χ4v) is 4.49. The number of nitrogens with one attached hydrogen (secondary N) is 1. The highest BCUT2D eigenvalue weighted by Crippen LogP contribution is 2.34. The molecule has 1 unspecified atom stereocenters. The number of halogens is 3. The predicted molar refractivity (Wildman–Crippen MR) is 123 cm³/mol. The van der Waals surface area contributed by atoms with Crippen LogP contribution in [0.1, 0.15) is 35.0 Å². The molecule has 7 heteroatoms. The Morgan fingerprint density at radius 2 is 1.91 bits per heavy atom. The minimum absolute atomic E-state index is 0.195. The smallest absolute Gasteiger partial charge is 0.416 e. The number of alkyl halides is 3. The molecule has 4 nitrogen and oxygen atoms in total. The monoisotopic (exact) mass is 451 g/mol. The number of aryl methyl sites for hydroxylation is 1. The van der Waals surface area contributed by atoms with Crippen LogP contribution in [0.3, 0.4) is 0 Å². The molecule has 0 radical (unpaired) electrons. The first kappa shape index (κ1) is 21.4. The number of benzene rings is 3. The molecule has 0 saturated heterocycles. The summed E-state index contributed by atoms with van der Waals surface area (Å²) in [5.41, 5.74) is 5.33. The molecule has 0 bridgehead atoms. The summed E-state index contributed by atoms with van der Waals surface area (Å²) in [6.07, 6.45) is -3.29. The highest BCUT2D eigenvalue weighted by atomic mass is 19.4. The Balaban J connectivity index is 1.47. The van der Waals surface area contributed by atoms with Gasteiger partial charge < -0.3 is 10.1 Å². The van der Waals surface area contributed by atoms with Crippen LogP contribution >= 0.6 is 0 Å². The second kappa shape index (κ2) is 7.83. The van der Waals surface area contributed by atoms with E-state index in [1.54, 1.807) is 4.57 Å². The van der Waals surface area contributed by atoms with Gasteiger partial charge in [-0.25, -0.2) is 4.98 Å². The molecule has 33 heavy (non-hydrogen) atoms. The van der Waals surface area contributed by atoms with Crippen molar-refractivity contribution in [2.24, 2.45) is 0 Å². The maximum atomic E-state index is 13.3. The van der Waals surface area contributed by atoms with Crippen molar-refractivity contribution in [3.63, 3.8) is 0 Å². The molecule has 2 heterocycles. The zero-order valence-corrected chi connectivity index (χ0v) is 18.6. The van der Waals surface area contributed by atoms with Gasteiger partial charge in [-0.3, -0.25) is 4.57 Å².